The summed E-state index contributed by atoms with van der Waals surface area (Å²) in [6.45, 7) is 0. The van der Waals surface area contributed by atoms with Crippen LogP contribution in [0.1, 0.15) is 0 Å². The summed E-state index contributed by atoms with van der Waals surface area (Å²) in [5.41, 5.74) is 9.29. The van der Waals surface area contributed by atoms with Crippen molar-refractivity contribution in [1.29, 1.82) is 0 Å². The lowest BCUT2D eigenvalue weighted by atomic mass is 9.84. The average Bonchev–Trinajstić information content (AvgIpc) is 3.80. The van der Waals surface area contributed by atoms with Gasteiger partial charge < -0.3 is 4.42 Å². The van der Waals surface area contributed by atoms with Crippen LogP contribution in [0.15, 0.2) is 186 Å². The summed E-state index contributed by atoms with van der Waals surface area (Å²) in [6.07, 6.45) is 0. The van der Waals surface area contributed by atoms with E-state index in [0.717, 1.165) is 32.9 Å². The van der Waals surface area contributed by atoms with Crippen molar-refractivity contribution in [1.82, 2.24) is 0 Å². The van der Waals surface area contributed by atoms with Crippen molar-refractivity contribution in [3.05, 3.63) is 182 Å². The minimum Gasteiger partial charge on any atom is -0.455 e. The Kier molecular flexibility index (Phi) is 6.28. The van der Waals surface area contributed by atoms with Gasteiger partial charge in [0.2, 0.25) is 0 Å². The number of para-hydroxylation sites is 1. The van der Waals surface area contributed by atoms with Gasteiger partial charge in [-0.3, -0.25) is 0 Å². The summed E-state index contributed by atoms with van der Waals surface area (Å²) < 4.78 is 9.29. The van der Waals surface area contributed by atoms with Crippen LogP contribution in [0.25, 0.3) is 119 Å². The summed E-state index contributed by atoms with van der Waals surface area (Å²) in [5.74, 6) is 0. The first-order valence-electron chi connectivity index (χ1n) is 18.5. The molecule has 12 rings (SSSR count). The van der Waals surface area contributed by atoms with Crippen LogP contribution in [0.5, 0.6) is 0 Å². The number of furan rings is 1. The molecular weight excluding hydrogens is 673 g/mol. The van der Waals surface area contributed by atoms with E-state index in [0.29, 0.717) is 0 Å². The predicted octanol–water partition coefficient (Wildman–Crippen LogP) is 15.6. The smallest absolute Gasteiger partial charge is 0.143 e. The quantitative estimate of drug-likeness (QED) is 0.167. The Balaban J connectivity index is 1.04. The van der Waals surface area contributed by atoms with Crippen LogP contribution in [0, 0.1) is 0 Å². The van der Waals surface area contributed by atoms with Gasteiger partial charge in [-0.2, -0.15) is 0 Å². The normalized spacial score (nSPS) is 12.1. The van der Waals surface area contributed by atoms with Crippen molar-refractivity contribution in [3.8, 4) is 33.4 Å². The van der Waals surface area contributed by atoms with Gasteiger partial charge in [-0.1, -0.05) is 164 Å². The van der Waals surface area contributed by atoms with Gasteiger partial charge in [0.25, 0.3) is 0 Å². The summed E-state index contributed by atoms with van der Waals surface area (Å²) in [5, 5.41) is 14.9. The Morgan fingerprint density at radius 2 is 0.778 bits per heavy atom. The monoisotopic (exact) mass is 702 g/mol. The molecule has 0 saturated heterocycles. The van der Waals surface area contributed by atoms with Crippen molar-refractivity contribution < 1.29 is 4.42 Å². The third-order valence-electron chi connectivity index (χ3n) is 11.5. The van der Waals surface area contributed by atoms with E-state index in [9.17, 15) is 0 Å². The fourth-order valence-corrected chi connectivity index (χ4v) is 10.2. The lowest BCUT2D eigenvalue weighted by Crippen LogP contribution is -1.91. The minimum atomic E-state index is 0.942. The van der Waals surface area contributed by atoms with Crippen molar-refractivity contribution in [3.63, 3.8) is 0 Å². The summed E-state index contributed by atoms with van der Waals surface area (Å²) in [4.78, 5) is 0. The number of hydrogen-bond donors (Lipinski definition) is 0. The van der Waals surface area contributed by atoms with Gasteiger partial charge in [0.05, 0.1) is 0 Å². The van der Waals surface area contributed by atoms with Gasteiger partial charge in [-0.05, 0) is 83.7 Å². The number of fused-ring (bicyclic) bond motifs is 11. The first kappa shape index (κ1) is 29.8. The SMILES string of the molecule is c1ccc2c(-c3c4ccccc4c(-c4ccc5c(c4)sc4cc(-c6cccc7c6oc6c8ccccc8ccc76)ccc45)c4ccccc34)cccc2c1. The highest BCUT2D eigenvalue weighted by molar-refractivity contribution is 7.25. The Bertz CT molecular complexity index is 3450. The molecule has 0 bridgehead atoms. The van der Waals surface area contributed by atoms with E-state index >= 15 is 0 Å². The maximum Gasteiger partial charge on any atom is 0.143 e. The average molecular weight is 703 g/mol. The Morgan fingerprint density at radius 1 is 0.296 bits per heavy atom. The standard InChI is InChI=1S/C52H30OS/c1-3-14-35-31(11-1)13-9-21-40(35)50-43-18-7-5-16-41(43)49(42-17-6-8-19-44(42)50)34-25-27-39-38-26-24-33(29-47(38)54-48(39)30-34)37-20-10-22-45-46-28-23-32-12-2-4-15-36(32)51(46)53-52(37)45/h1-30H. The Morgan fingerprint density at radius 3 is 1.50 bits per heavy atom. The second kappa shape index (κ2) is 11.4. The lowest BCUT2D eigenvalue weighted by molar-refractivity contribution is 0.674. The number of rotatable bonds is 3. The first-order valence-corrected chi connectivity index (χ1v) is 19.3. The van der Waals surface area contributed by atoms with Crippen LogP contribution in [0.2, 0.25) is 0 Å². The molecule has 12 aromatic rings. The molecule has 0 radical (unpaired) electrons. The number of thiophene rings is 1. The van der Waals surface area contributed by atoms with E-state index < -0.39 is 0 Å². The zero-order valence-corrected chi connectivity index (χ0v) is 30.0. The van der Waals surface area contributed by atoms with E-state index in [1.165, 1.54) is 85.7 Å². The second-order valence-electron chi connectivity index (χ2n) is 14.3. The molecular formula is C52H30OS. The van der Waals surface area contributed by atoms with Crippen molar-refractivity contribution in [2.45, 2.75) is 0 Å². The highest BCUT2D eigenvalue weighted by Crippen LogP contribution is 2.47. The van der Waals surface area contributed by atoms with Crippen molar-refractivity contribution >= 4 is 96.5 Å². The molecule has 0 amide bonds. The molecule has 250 valence electrons. The molecule has 0 aliphatic carbocycles. The van der Waals surface area contributed by atoms with Gasteiger partial charge >= 0.3 is 0 Å². The Labute approximate surface area is 314 Å². The molecule has 2 aromatic heterocycles. The van der Waals surface area contributed by atoms with Crippen LogP contribution in [-0.2, 0) is 0 Å². The van der Waals surface area contributed by atoms with Gasteiger partial charge in [0.1, 0.15) is 11.2 Å². The van der Waals surface area contributed by atoms with Gasteiger partial charge in [-0.15, -0.1) is 11.3 Å². The van der Waals surface area contributed by atoms with E-state index in [4.69, 9.17) is 4.42 Å². The molecule has 0 saturated carbocycles. The van der Waals surface area contributed by atoms with E-state index in [-0.39, 0.29) is 0 Å². The van der Waals surface area contributed by atoms with Crippen LogP contribution < -0.4 is 0 Å². The molecule has 54 heavy (non-hydrogen) atoms. The number of benzene rings is 10. The minimum absolute atomic E-state index is 0.942. The molecule has 2 heterocycles. The molecule has 0 N–H and O–H groups in total. The van der Waals surface area contributed by atoms with Crippen LogP contribution in [0.4, 0.5) is 0 Å². The fourth-order valence-electron chi connectivity index (χ4n) is 9.03. The molecule has 0 spiro atoms. The molecule has 1 nitrogen and oxygen atoms in total. The van der Waals surface area contributed by atoms with Gasteiger partial charge in [0, 0.05) is 41.9 Å². The largest absolute Gasteiger partial charge is 0.455 e. The van der Waals surface area contributed by atoms with E-state index in [1.807, 2.05) is 11.3 Å². The van der Waals surface area contributed by atoms with Gasteiger partial charge in [-0.25, -0.2) is 0 Å². The highest BCUT2D eigenvalue weighted by atomic mass is 32.1. The molecule has 0 aliphatic rings. The number of hydrogen-bond acceptors (Lipinski definition) is 2. The molecule has 0 aliphatic heterocycles. The molecule has 0 atom stereocenters. The van der Waals surface area contributed by atoms with Crippen LogP contribution in [0.3, 0.4) is 0 Å². The summed E-state index contributed by atoms with van der Waals surface area (Å²) >= 11 is 1.87. The molecule has 0 fully saturated rings. The Hall–Kier alpha value is -6.74. The maximum absolute atomic E-state index is 6.72. The molecule has 2 heteroatoms. The van der Waals surface area contributed by atoms with E-state index in [1.54, 1.807) is 0 Å². The van der Waals surface area contributed by atoms with Crippen LogP contribution in [-0.4, -0.2) is 0 Å². The molecule has 0 unspecified atom stereocenters. The topological polar surface area (TPSA) is 13.1 Å². The second-order valence-corrected chi connectivity index (χ2v) is 15.4. The molecule has 10 aromatic carbocycles. The maximum atomic E-state index is 6.72. The highest BCUT2D eigenvalue weighted by Gasteiger charge is 2.19. The van der Waals surface area contributed by atoms with E-state index in [2.05, 4.69) is 182 Å². The van der Waals surface area contributed by atoms with Gasteiger partial charge in [0.15, 0.2) is 0 Å². The summed E-state index contributed by atoms with van der Waals surface area (Å²) in [6, 6.07) is 66.7. The lowest BCUT2D eigenvalue weighted by Gasteiger charge is -2.18. The summed E-state index contributed by atoms with van der Waals surface area (Å²) in [7, 11) is 0. The zero-order valence-electron chi connectivity index (χ0n) is 29.1. The predicted molar refractivity (Wildman–Crippen MR) is 233 cm³/mol. The van der Waals surface area contributed by atoms with Crippen molar-refractivity contribution in [2.24, 2.45) is 0 Å². The first-order chi connectivity index (χ1) is 26.8. The van der Waals surface area contributed by atoms with Crippen molar-refractivity contribution in [2.75, 3.05) is 0 Å². The zero-order chi connectivity index (χ0) is 35.3. The fraction of sp³-hybridized carbons (Fsp3) is 0. The van der Waals surface area contributed by atoms with Crippen LogP contribution >= 0.6 is 11.3 Å². The third kappa shape index (κ3) is 4.26. The third-order valence-corrected chi connectivity index (χ3v) is 12.6.